The number of nitrogens with two attached hydrogens (primary N) is 1. The molecule has 1 heterocycles. The molecule has 0 spiro atoms. The Morgan fingerprint density at radius 1 is 1.17 bits per heavy atom. The number of ether oxygens (including phenoxy) is 1. The first kappa shape index (κ1) is 22.9. The summed E-state index contributed by atoms with van der Waals surface area (Å²) in [5, 5.41) is 3.25. The molecule has 23 heavy (non-hydrogen) atoms. The van der Waals surface area contributed by atoms with E-state index in [9.17, 15) is 0 Å². The highest BCUT2D eigenvalue weighted by Crippen LogP contribution is 2.15. The number of nitrogens with zero attached hydrogens (tertiary/aromatic N) is 2. The Morgan fingerprint density at radius 3 is 2.57 bits per heavy atom. The molecule has 1 rings (SSSR count). The second-order valence-electron chi connectivity index (χ2n) is 6.26. The Kier molecular flexibility index (Phi) is 15.4. The first-order valence-corrected chi connectivity index (χ1v) is 9.10. The lowest BCUT2D eigenvalue weighted by Crippen LogP contribution is -2.39. The lowest BCUT2D eigenvalue weighted by molar-refractivity contribution is 0.0376. The van der Waals surface area contributed by atoms with Gasteiger partial charge in [0, 0.05) is 26.2 Å². The van der Waals surface area contributed by atoms with Gasteiger partial charge in [0.1, 0.15) is 0 Å². The fourth-order valence-corrected chi connectivity index (χ4v) is 2.86. The van der Waals surface area contributed by atoms with Crippen LogP contribution in [0.15, 0.2) is 4.99 Å². The summed E-state index contributed by atoms with van der Waals surface area (Å²) in [6, 6.07) is 0. The molecule has 1 aliphatic rings. The van der Waals surface area contributed by atoms with Crippen LogP contribution >= 0.6 is 24.0 Å². The molecular formula is C17H37IN4O. The maximum atomic E-state index is 5.97. The van der Waals surface area contributed by atoms with Gasteiger partial charge >= 0.3 is 0 Å². The molecular weight excluding hydrogens is 403 g/mol. The highest BCUT2D eigenvalue weighted by Gasteiger charge is 2.09. The van der Waals surface area contributed by atoms with Crippen molar-refractivity contribution in [3.8, 4) is 0 Å². The zero-order valence-corrected chi connectivity index (χ0v) is 17.4. The molecule has 0 aromatic rings. The summed E-state index contributed by atoms with van der Waals surface area (Å²) < 4.78 is 5.35. The van der Waals surface area contributed by atoms with Crippen molar-refractivity contribution in [2.75, 3.05) is 45.9 Å². The summed E-state index contributed by atoms with van der Waals surface area (Å²) in [7, 11) is 0. The maximum Gasteiger partial charge on any atom is 0.188 e. The Balaban J connectivity index is 0.00000484. The van der Waals surface area contributed by atoms with E-state index < -0.39 is 0 Å². The molecule has 0 aromatic carbocycles. The number of hydrogen-bond acceptors (Lipinski definition) is 3. The smallest absolute Gasteiger partial charge is 0.188 e. The largest absolute Gasteiger partial charge is 0.379 e. The van der Waals surface area contributed by atoms with E-state index in [1.54, 1.807) is 0 Å². The summed E-state index contributed by atoms with van der Waals surface area (Å²) >= 11 is 0. The molecule has 0 aliphatic carbocycles. The van der Waals surface area contributed by atoms with Crippen molar-refractivity contribution in [1.82, 2.24) is 10.2 Å². The highest BCUT2D eigenvalue weighted by molar-refractivity contribution is 14.0. The van der Waals surface area contributed by atoms with Gasteiger partial charge in [-0.2, -0.15) is 0 Å². The molecule has 0 bridgehead atoms. The third-order valence-electron chi connectivity index (χ3n) is 4.24. The van der Waals surface area contributed by atoms with Gasteiger partial charge in [-0.3, -0.25) is 9.89 Å². The number of nitrogens with one attached hydrogen (secondary N) is 1. The molecule has 0 radical (unpaired) electrons. The summed E-state index contributed by atoms with van der Waals surface area (Å²) in [6.07, 6.45) is 7.43. The van der Waals surface area contributed by atoms with Crippen LogP contribution in [0.3, 0.4) is 0 Å². The van der Waals surface area contributed by atoms with Crippen molar-refractivity contribution in [2.45, 2.75) is 52.4 Å². The zero-order valence-electron chi connectivity index (χ0n) is 15.1. The van der Waals surface area contributed by atoms with Crippen LogP contribution in [-0.4, -0.2) is 56.8 Å². The number of hydrogen-bond donors (Lipinski definition) is 2. The quantitative estimate of drug-likeness (QED) is 0.225. The predicted octanol–water partition coefficient (Wildman–Crippen LogP) is 2.84. The second kappa shape index (κ2) is 15.4. The van der Waals surface area contributed by atoms with Crippen molar-refractivity contribution in [3.63, 3.8) is 0 Å². The van der Waals surface area contributed by atoms with Crippen LogP contribution in [-0.2, 0) is 4.74 Å². The van der Waals surface area contributed by atoms with Gasteiger partial charge in [0.2, 0.25) is 0 Å². The average Bonchev–Trinajstić information content (AvgIpc) is 2.55. The molecule has 0 amide bonds. The average molecular weight is 440 g/mol. The summed E-state index contributed by atoms with van der Waals surface area (Å²) in [6.45, 7) is 11.2. The molecule has 1 fully saturated rings. The van der Waals surface area contributed by atoms with E-state index in [2.05, 4.69) is 29.1 Å². The van der Waals surface area contributed by atoms with E-state index in [1.165, 1.54) is 32.1 Å². The normalized spacial score (nSPS) is 17.6. The van der Waals surface area contributed by atoms with Gasteiger partial charge in [0.15, 0.2) is 5.96 Å². The minimum atomic E-state index is 0. The molecule has 1 aliphatic heterocycles. The Bertz CT molecular complexity index is 296. The predicted molar refractivity (Wildman–Crippen MR) is 110 cm³/mol. The first-order chi connectivity index (χ1) is 10.8. The minimum Gasteiger partial charge on any atom is -0.379 e. The van der Waals surface area contributed by atoms with Crippen LogP contribution < -0.4 is 11.1 Å². The molecule has 6 heteroatoms. The number of unbranched alkanes of at least 4 members (excludes halogenated alkanes) is 1. The van der Waals surface area contributed by atoms with Crippen molar-refractivity contribution in [3.05, 3.63) is 0 Å². The molecule has 3 N–H and O–H groups in total. The SMILES string of the molecule is CCCCC(CCC)CN=C(N)NCCCN1CCOCC1.I. The molecule has 1 unspecified atom stereocenters. The van der Waals surface area contributed by atoms with E-state index in [4.69, 9.17) is 10.5 Å². The molecule has 0 saturated carbocycles. The minimum absolute atomic E-state index is 0. The van der Waals surface area contributed by atoms with Crippen molar-refractivity contribution in [1.29, 1.82) is 0 Å². The van der Waals surface area contributed by atoms with Crippen molar-refractivity contribution >= 4 is 29.9 Å². The molecule has 5 nitrogen and oxygen atoms in total. The van der Waals surface area contributed by atoms with Gasteiger partial charge in [-0.25, -0.2) is 0 Å². The van der Waals surface area contributed by atoms with Crippen LogP contribution in [0.25, 0.3) is 0 Å². The number of aliphatic imine (C=N–C) groups is 1. The fourth-order valence-electron chi connectivity index (χ4n) is 2.86. The molecule has 1 atom stereocenters. The van der Waals surface area contributed by atoms with Gasteiger partial charge in [-0.15, -0.1) is 24.0 Å². The number of halogens is 1. The van der Waals surface area contributed by atoms with Crippen LogP contribution in [0.4, 0.5) is 0 Å². The molecule has 0 aromatic heterocycles. The van der Waals surface area contributed by atoms with Gasteiger partial charge in [-0.1, -0.05) is 33.1 Å². The summed E-state index contributed by atoms with van der Waals surface area (Å²) in [4.78, 5) is 6.98. The first-order valence-electron chi connectivity index (χ1n) is 9.10. The second-order valence-corrected chi connectivity index (χ2v) is 6.26. The van der Waals surface area contributed by atoms with E-state index in [1.807, 2.05) is 0 Å². The van der Waals surface area contributed by atoms with Crippen molar-refractivity contribution < 1.29 is 4.74 Å². The van der Waals surface area contributed by atoms with E-state index in [0.29, 0.717) is 11.9 Å². The number of rotatable bonds is 11. The van der Waals surface area contributed by atoms with Crippen LogP contribution in [0.5, 0.6) is 0 Å². The van der Waals surface area contributed by atoms with Gasteiger partial charge in [0.05, 0.1) is 13.2 Å². The van der Waals surface area contributed by atoms with Gasteiger partial charge in [-0.05, 0) is 31.7 Å². The van der Waals surface area contributed by atoms with Crippen LogP contribution in [0, 0.1) is 5.92 Å². The van der Waals surface area contributed by atoms with E-state index in [-0.39, 0.29) is 24.0 Å². The highest BCUT2D eigenvalue weighted by atomic mass is 127. The lowest BCUT2D eigenvalue weighted by Gasteiger charge is -2.26. The molecule has 138 valence electrons. The fraction of sp³-hybridized carbons (Fsp3) is 0.941. The van der Waals surface area contributed by atoms with E-state index >= 15 is 0 Å². The third kappa shape index (κ3) is 12.0. The van der Waals surface area contributed by atoms with Crippen molar-refractivity contribution in [2.24, 2.45) is 16.6 Å². The van der Waals surface area contributed by atoms with Gasteiger partial charge in [0.25, 0.3) is 0 Å². The Hall–Kier alpha value is -0.0800. The van der Waals surface area contributed by atoms with Gasteiger partial charge < -0.3 is 15.8 Å². The molecule has 1 saturated heterocycles. The summed E-state index contributed by atoms with van der Waals surface area (Å²) in [5.41, 5.74) is 5.97. The monoisotopic (exact) mass is 440 g/mol. The number of morpholine rings is 1. The van der Waals surface area contributed by atoms with Crippen LogP contribution in [0.1, 0.15) is 52.4 Å². The van der Waals surface area contributed by atoms with E-state index in [0.717, 1.165) is 52.4 Å². The standard InChI is InChI=1S/C17H36N4O.HI/c1-3-5-8-16(7-4-2)15-20-17(18)19-9-6-10-21-11-13-22-14-12-21;/h16H,3-15H2,1-2H3,(H3,18,19,20);1H. The Morgan fingerprint density at radius 2 is 1.91 bits per heavy atom. The third-order valence-corrected chi connectivity index (χ3v) is 4.24. The zero-order chi connectivity index (χ0) is 16.0. The van der Waals surface area contributed by atoms with Crippen LogP contribution in [0.2, 0.25) is 0 Å². The maximum absolute atomic E-state index is 5.97. The number of guanidine groups is 1. The topological polar surface area (TPSA) is 62.9 Å². The Labute approximate surface area is 159 Å². The summed E-state index contributed by atoms with van der Waals surface area (Å²) in [5.74, 6) is 1.30. The lowest BCUT2D eigenvalue weighted by atomic mass is 9.97.